The van der Waals surface area contributed by atoms with Crippen molar-refractivity contribution in [2.45, 2.75) is 6.42 Å². The maximum Gasteiger partial charge on any atom is 0.242 e. The van der Waals surface area contributed by atoms with Gasteiger partial charge in [-0.1, -0.05) is 18.2 Å². The first-order chi connectivity index (χ1) is 13.3. The minimum atomic E-state index is -3.26. The Morgan fingerprint density at radius 3 is 2.36 bits per heavy atom. The van der Waals surface area contributed by atoms with E-state index < -0.39 is 15.9 Å². The third kappa shape index (κ3) is 4.68. The molecular formula is C18H24N4O5S. The minimum Gasteiger partial charge on any atom is -0.347 e. The van der Waals surface area contributed by atoms with Crippen LogP contribution in [0.4, 0.5) is 5.69 Å². The molecule has 9 nitrogen and oxygen atoms in total. The van der Waals surface area contributed by atoms with Crippen molar-refractivity contribution in [3.8, 4) is 0 Å². The number of rotatable bonds is 5. The SMILES string of the molecule is CS(=O)(=O)N1CCN(C(=O)CNC(=O)[C@@H]2CC(=O)N(c3ccccc3)C2)CC1. The molecule has 0 aliphatic carbocycles. The second-order valence-corrected chi connectivity index (χ2v) is 8.98. The van der Waals surface area contributed by atoms with Crippen molar-refractivity contribution in [2.24, 2.45) is 5.92 Å². The Morgan fingerprint density at radius 2 is 1.75 bits per heavy atom. The van der Waals surface area contributed by atoms with Crippen LogP contribution in [0, 0.1) is 5.92 Å². The van der Waals surface area contributed by atoms with Crippen molar-refractivity contribution in [3.05, 3.63) is 30.3 Å². The lowest BCUT2D eigenvalue weighted by Gasteiger charge is -2.33. The number of hydrogen-bond donors (Lipinski definition) is 1. The minimum absolute atomic E-state index is 0.113. The molecule has 2 fully saturated rings. The summed E-state index contributed by atoms with van der Waals surface area (Å²) >= 11 is 0. The van der Waals surface area contributed by atoms with E-state index in [1.165, 1.54) is 9.21 Å². The van der Waals surface area contributed by atoms with Gasteiger partial charge in [-0.05, 0) is 12.1 Å². The Labute approximate surface area is 164 Å². The van der Waals surface area contributed by atoms with E-state index in [4.69, 9.17) is 0 Å². The van der Waals surface area contributed by atoms with Crippen LogP contribution in [-0.2, 0) is 24.4 Å². The first kappa shape index (κ1) is 20.3. The fourth-order valence-electron chi connectivity index (χ4n) is 3.43. The van der Waals surface area contributed by atoms with Crippen molar-refractivity contribution in [3.63, 3.8) is 0 Å². The summed E-state index contributed by atoms with van der Waals surface area (Å²) in [5.41, 5.74) is 0.752. The predicted octanol–water partition coefficient (Wildman–Crippen LogP) is -0.740. The third-order valence-electron chi connectivity index (χ3n) is 5.04. The molecule has 152 valence electrons. The molecule has 3 rings (SSSR count). The van der Waals surface area contributed by atoms with Crippen LogP contribution in [0.5, 0.6) is 0 Å². The molecule has 0 radical (unpaired) electrons. The first-order valence-electron chi connectivity index (χ1n) is 9.12. The van der Waals surface area contributed by atoms with Crippen molar-refractivity contribution in [1.29, 1.82) is 0 Å². The molecule has 28 heavy (non-hydrogen) atoms. The molecule has 0 saturated carbocycles. The van der Waals surface area contributed by atoms with Gasteiger partial charge >= 0.3 is 0 Å². The van der Waals surface area contributed by atoms with Gasteiger partial charge in [-0.15, -0.1) is 0 Å². The molecule has 0 bridgehead atoms. The quantitative estimate of drug-likeness (QED) is 0.691. The number of para-hydroxylation sites is 1. The number of nitrogens with zero attached hydrogens (tertiary/aromatic N) is 3. The standard InChI is InChI=1S/C18H24N4O5S/c1-28(26,27)21-9-7-20(8-10-21)17(24)12-19-18(25)14-11-16(23)22(13-14)15-5-3-2-4-6-15/h2-6,14H,7-13H2,1H3,(H,19,25)/t14-/m1/s1. The molecule has 2 heterocycles. The van der Waals surface area contributed by atoms with E-state index in [1.807, 2.05) is 30.3 Å². The highest BCUT2D eigenvalue weighted by Gasteiger charge is 2.35. The van der Waals surface area contributed by atoms with Gasteiger partial charge in [0.2, 0.25) is 27.7 Å². The Bertz CT molecular complexity index is 850. The maximum atomic E-state index is 12.4. The van der Waals surface area contributed by atoms with Crippen LogP contribution in [0.25, 0.3) is 0 Å². The number of benzene rings is 1. The Hall–Kier alpha value is -2.46. The predicted molar refractivity (Wildman–Crippen MR) is 103 cm³/mol. The summed E-state index contributed by atoms with van der Waals surface area (Å²) in [7, 11) is -3.26. The Balaban J connectivity index is 1.47. The summed E-state index contributed by atoms with van der Waals surface area (Å²) in [4.78, 5) is 40.0. The molecular weight excluding hydrogens is 384 g/mol. The van der Waals surface area contributed by atoms with Gasteiger partial charge in [0.15, 0.2) is 0 Å². The fraction of sp³-hybridized carbons (Fsp3) is 0.500. The van der Waals surface area contributed by atoms with E-state index in [0.717, 1.165) is 11.9 Å². The topological polar surface area (TPSA) is 107 Å². The van der Waals surface area contributed by atoms with Crippen LogP contribution in [0.2, 0.25) is 0 Å². The second-order valence-electron chi connectivity index (χ2n) is 7.00. The van der Waals surface area contributed by atoms with Crippen LogP contribution in [0.1, 0.15) is 6.42 Å². The van der Waals surface area contributed by atoms with Crippen LogP contribution in [0.15, 0.2) is 30.3 Å². The number of anilines is 1. The summed E-state index contributed by atoms with van der Waals surface area (Å²) in [6.45, 7) is 1.23. The zero-order valence-corrected chi connectivity index (χ0v) is 16.5. The molecule has 1 aromatic rings. The van der Waals surface area contributed by atoms with E-state index in [9.17, 15) is 22.8 Å². The second kappa shape index (κ2) is 8.27. The van der Waals surface area contributed by atoms with Gasteiger partial charge in [-0.2, -0.15) is 4.31 Å². The summed E-state index contributed by atoms with van der Waals surface area (Å²) in [6.07, 6.45) is 1.26. The van der Waals surface area contributed by atoms with Gasteiger partial charge in [-0.3, -0.25) is 14.4 Å². The van der Waals surface area contributed by atoms with Crippen LogP contribution < -0.4 is 10.2 Å². The van der Waals surface area contributed by atoms with Gasteiger partial charge in [0.25, 0.3) is 0 Å². The van der Waals surface area contributed by atoms with Gasteiger partial charge in [0, 0.05) is 44.8 Å². The van der Waals surface area contributed by atoms with E-state index in [-0.39, 0.29) is 50.3 Å². The Kier molecular flexibility index (Phi) is 5.99. The number of carbonyl (C=O) groups excluding carboxylic acids is 3. The van der Waals surface area contributed by atoms with Crippen LogP contribution >= 0.6 is 0 Å². The lowest BCUT2D eigenvalue weighted by atomic mass is 10.1. The Morgan fingerprint density at radius 1 is 1.11 bits per heavy atom. The molecule has 2 aliphatic rings. The zero-order valence-electron chi connectivity index (χ0n) is 15.7. The summed E-state index contributed by atoms with van der Waals surface area (Å²) < 4.78 is 24.4. The molecule has 2 aliphatic heterocycles. The average Bonchev–Trinajstić information content (AvgIpc) is 3.08. The summed E-state index contributed by atoms with van der Waals surface area (Å²) in [5.74, 6) is -1.20. The van der Waals surface area contributed by atoms with Gasteiger partial charge < -0.3 is 15.1 Å². The summed E-state index contributed by atoms with van der Waals surface area (Å²) in [5, 5.41) is 2.61. The van der Waals surface area contributed by atoms with Crippen molar-refractivity contribution in [1.82, 2.24) is 14.5 Å². The molecule has 0 spiro atoms. The molecule has 1 N–H and O–H groups in total. The molecule has 10 heteroatoms. The maximum absolute atomic E-state index is 12.4. The van der Waals surface area contributed by atoms with Gasteiger partial charge in [-0.25, -0.2) is 8.42 Å². The van der Waals surface area contributed by atoms with E-state index in [0.29, 0.717) is 13.1 Å². The average molecular weight is 408 g/mol. The van der Waals surface area contributed by atoms with Crippen molar-refractivity contribution in [2.75, 3.05) is 50.4 Å². The molecule has 0 unspecified atom stereocenters. The van der Waals surface area contributed by atoms with E-state index in [2.05, 4.69) is 5.32 Å². The largest absolute Gasteiger partial charge is 0.347 e. The highest BCUT2D eigenvalue weighted by Crippen LogP contribution is 2.24. The summed E-state index contributed by atoms with van der Waals surface area (Å²) in [6, 6.07) is 9.15. The first-order valence-corrected chi connectivity index (χ1v) is 11.0. The van der Waals surface area contributed by atoms with Crippen molar-refractivity contribution < 1.29 is 22.8 Å². The van der Waals surface area contributed by atoms with Crippen LogP contribution in [0.3, 0.4) is 0 Å². The molecule has 1 atom stereocenters. The number of sulfonamides is 1. The van der Waals surface area contributed by atoms with Gasteiger partial charge in [0.05, 0.1) is 18.7 Å². The number of piperazine rings is 1. The number of hydrogen-bond acceptors (Lipinski definition) is 5. The normalized spacial score (nSPS) is 21.0. The zero-order chi connectivity index (χ0) is 20.3. The lowest BCUT2D eigenvalue weighted by Crippen LogP contribution is -2.52. The lowest BCUT2D eigenvalue weighted by molar-refractivity contribution is -0.134. The highest BCUT2D eigenvalue weighted by atomic mass is 32.2. The molecule has 3 amide bonds. The molecule has 1 aromatic carbocycles. The van der Waals surface area contributed by atoms with E-state index >= 15 is 0 Å². The van der Waals surface area contributed by atoms with Gasteiger partial charge in [0.1, 0.15) is 0 Å². The number of nitrogens with one attached hydrogen (secondary N) is 1. The monoisotopic (exact) mass is 408 g/mol. The van der Waals surface area contributed by atoms with E-state index in [1.54, 1.807) is 4.90 Å². The smallest absolute Gasteiger partial charge is 0.242 e. The third-order valence-corrected chi connectivity index (χ3v) is 6.34. The molecule has 0 aromatic heterocycles. The number of carbonyl (C=O) groups is 3. The molecule has 2 saturated heterocycles. The highest BCUT2D eigenvalue weighted by molar-refractivity contribution is 7.88. The van der Waals surface area contributed by atoms with Crippen LogP contribution in [-0.4, -0.2) is 80.9 Å². The fourth-order valence-corrected chi connectivity index (χ4v) is 4.26. The van der Waals surface area contributed by atoms with Crippen molar-refractivity contribution >= 4 is 33.4 Å². The number of amides is 3.